The Morgan fingerprint density at radius 2 is 2.09 bits per heavy atom. The minimum Gasteiger partial charge on any atom is -0.300 e. The summed E-state index contributed by atoms with van der Waals surface area (Å²) in [5.74, 6) is 0. The van der Waals surface area contributed by atoms with E-state index in [0.717, 1.165) is 12.0 Å². The normalized spacial score (nSPS) is 62.1. The molecule has 64 valence electrons. The zero-order valence-electron chi connectivity index (χ0n) is 6.07. The highest BCUT2D eigenvalue weighted by molar-refractivity contribution is 8.01. The van der Waals surface area contributed by atoms with Gasteiger partial charge in [0.25, 0.3) is 0 Å². The molecule has 3 atom stereocenters. The minimum absolute atomic E-state index is 0.845. The Hall–Kier alpha value is 0.420. The lowest BCUT2D eigenvalue weighted by molar-refractivity contribution is 0.0411. The molecule has 2 heterocycles. The van der Waals surface area contributed by atoms with Crippen molar-refractivity contribution in [2.45, 2.75) is 24.5 Å². The number of phosphoric acid groups is 1. The molecule has 0 aromatic heterocycles. The summed E-state index contributed by atoms with van der Waals surface area (Å²) >= 11 is 0.965. The summed E-state index contributed by atoms with van der Waals surface area (Å²) in [6.45, 7) is 3.30. The highest BCUT2D eigenvalue weighted by atomic mass is 32.2. The van der Waals surface area contributed by atoms with E-state index >= 15 is 0 Å². The molecule has 5 nitrogen and oxygen atoms in total. The molecule has 2 rings (SSSR count). The third-order valence-electron chi connectivity index (χ3n) is 1.78. The number of fused-ring (bicyclic) bond motifs is 2. The van der Waals surface area contributed by atoms with Crippen LogP contribution in [0.2, 0.25) is 0 Å². The molecular formula is C4H8NO4PS. The van der Waals surface area contributed by atoms with Gasteiger partial charge < -0.3 is 0 Å². The first-order valence-electron chi connectivity index (χ1n) is 3.05. The van der Waals surface area contributed by atoms with Crippen LogP contribution >= 0.6 is 19.9 Å². The van der Waals surface area contributed by atoms with Crippen LogP contribution in [-0.4, -0.2) is 10.7 Å². The van der Waals surface area contributed by atoms with E-state index in [2.05, 4.69) is 0 Å². The van der Waals surface area contributed by atoms with E-state index in [9.17, 15) is 4.57 Å². The number of hydrogen-bond acceptors (Lipinski definition) is 6. The Balaban J connectivity index is 2.44. The van der Waals surface area contributed by atoms with Crippen molar-refractivity contribution in [2.75, 3.05) is 0 Å². The van der Waals surface area contributed by atoms with Gasteiger partial charge in [0.1, 0.15) is 0 Å². The fraction of sp³-hybridized carbons (Fsp3) is 1.00. The highest BCUT2D eigenvalue weighted by Gasteiger charge is 2.67. The average molecular weight is 197 g/mol. The topological polar surface area (TPSA) is 70.8 Å². The Kier molecular flexibility index (Phi) is 1.34. The summed E-state index contributed by atoms with van der Waals surface area (Å²) in [7, 11) is -3.33. The molecule has 2 saturated heterocycles. The molecule has 2 aliphatic heterocycles. The molecule has 7 heteroatoms. The van der Waals surface area contributed by atoms with Crippen molar-refractivity contribution in [1.82, 2.24) is 0 Å². The fourth-order valence-corrected chi connectivity index (χ4v) is 4.01. The second-order valence-electron chi connectivity index (χ2n) is 2.84. The van der Waals surface area contributed by atoms with Gasteiger partial charge in [-0.15, -0.1) is 0 Å². The van der Waals surface area contributed by atoms with Gasteiger partial charge in [-0.3, -0.25) is 14.8 Å². The van der Waals surface area contributed by atoms with Crippen molar-refractivity contribution in [3.63, 3.8) is 0 Å². The van der Waals surface area contributed by atoms with Gasteiger partial charge in [0.05, 0.1) is 0 Å². The van der Waals surface area contributed by atoms with Crippen molar-refractivity contribution < 1.29 is 17.6 Å². The van der Waals surface area contributed by atoms with Crippen molar-refractivity contribution in [2.24, 2.45) is 5.73 Å². The molecule has 0 amide bonds. The first-order chi connectivity index (χ1) is 4.87. The lowest BCUT2D eigenvalue weighted by Crippen LogP contribution is -2.52. The number of hydrogen-bond donors (Lipinski definition) is 1. The van der Waals surface area contributed by atoms with E-state index in [1.807, 2.05) is 0 Å². The van der Waals surface area contributed by atoms with Crippen LogP contribution in [0.3, 0.4) is 0 Å². The third-order valence-corrected chi connectivity index (χ3v) is 4.93. The van der Waals surface area contributed by atoms with Crippen LogP contribution in [0.25, 0.3) is 0 Å². The van der Waals surface area contributed by atoms with Gasteiger partial charge in [0.15, 0.2) is 10.7 Å². The number of rotatable bonds is 0. The van der Waals surface area contributed by atoms with Crippen LogP contribution < -0.4 is 5.73 Å². The smallest absolute Gasteiger partial charge is 0.300 e. The summed E-state index contributed by atoms with van der Waals surface area (Å²) in [5, 5.41) is 0. The Morgan fingerprint density at radius 1 is 1.45 bits per heavy atom. The van der Waals surface area contributed by atoms with Crippen molar-refractivity contribution >= 4 is 19.9 Å². The average Bonchev–Trinajstić information content (AvgIpc) is 2.13. The molecule has 2 aliphatic rings. The molecule has 3 unspecified atom stereocenters. The van der Waals surface area contributed by atoms with Crippen molar-refractivity contribution in [3.8, 4) is 0 Å². The van der Waals surface area contributed by atoms with Crippen molar-refractivity contribution in [1.29, 1.82) is 0 Å². The maximum absolute atomic E-state index is 11.3. The van der Waals surface area contributed by atoms with Gasteiger partial charge in [0.2, 0.25) is 0 Å². The lowest BCUT2D eigenvalue weighted by atomic mass is 10.1. The summed E-state index contributed by atoms with van der Waals surface area (Å²) in [6, 6.07) is 0. The molecule has 2 N–H and O–H groups in total. The van der Waals surface area contributed by atoms with E-state index in [1.54, 1.807) is 13.8 Å². The van der Waals surface area contributed by atoms with Crippen LogP contribution in [0.4, 0.5) is 0 Å². The van der Waals surface area contributed by atoms with Crippen molar-refractivity contribution in [3.05, 3.63) is 0 Å². The maximum Gasteiger partial charge on any atom is 0.489 e. The Morgan fingerprint density at radius 3 is 2.27 bits per heavy atom. The van der Waals surface area contributed by atoms with E-state index < -0.39 is 18.5 Å². The molecule has 0 saturated carbocycles. The summed E-state index contributed by atoms with van der Waals surface area (Å²) in [6.07, 6.45) is 0. The Labute approximate surface area is 68.4 Å². The lowest BCUT2D eigenvalue weighted by Gasteiger charge is -2.30. The van der Waals surface area contributed by atoms with Gasteiger partial charge in [-0.05, 0) is 13.8 Å². The minimum atomic E-state index is -3.33. The summed E-state index contributed by atoms with van der Waals surface area (Å²) in [4.78, 5) is -0.845. The number of nitrogens with two attached hydrogens (primary N) is 1. The van der Waals surface area contributed by atoms with Gasteiger partial charge >= 0.3 is 7.82 Å². The van der Waals surface area contributed by atoms with Gasteiger partial charge in [-0.2, -0.15) is 0 Å². The van der Waals surface area contributed by atoms with Crippen LogP contribution in [-0.2, 0) is 17.6 Å². The summed E-state index contributed by atoms with van der Waals surface area (Å²) < 4.78 is 25.9. The molecule has 2 fully saturated rings. The molecule has 0 aliphatic carbocycles. The standard InChI is InChI=1S/C4H8NO4PS/c1-3(5)4(2)8-10(6,7-3)9-11-4/h5H2,1-2H3. The molecule has 2 bridgehead atoms. The zero-order chi connectivity index (χ0) is 8.33. The molecule has 0 aromatic carbocycles. The maximum atomic E-state index is 11.3. The molecule has 11 heavy (non-hydrogen) atoms. The molecule has 0 radical (unpaired) electrons. The Bertz CT molecular complexity index is 250. The first kappa shape index (κ1) is 8.04. The monoisotopic (exact) mass is 197 g/mol. The molecule has 0 spiro atoms. The van der Waals surface area contributed by atoms with Crippen LogP contribution in [0, 0.1) is 0 Å². The van der Waals surface area contributed by atoms with E-state index in [-0.39, 0.29) is 0 Å². The highest BCUT2D eigenvalue weighted by Crippen LogP contribution is 2.75. The van der Waals surface area contributed by atoms with Crippen LogP contribution in [0.15, 0.2) is 0 Å². The second kappa shape index (κ2) is 1.84. The first-order valence-corrected chi connectivity index (χ1v) is 5.25. The van der Waals surface area contributed by atoms with E-state index in [0.29, 0.717) is 0 Å². The van der Waals surface area contributed by atoms with Crippen LogP contribution in [0.5, 0.6) is 0 Å². The van der Waals surface area contributed by atoms with Gasteiger partial charge in [-0.1, -0.05) is 0 Å². The number of phosphoric ester groups is 1. The molecular weight excluding hydrogens is 189 g/mol. The van der Waals surface area contributed by atoms with E-state index in [1.165, 1.54) is 0 Å². The SMILES string of the molecule is CC1(N)OP2(=O)OSC1(C)O2. The quantitative estimate of drug-likeness (QED) is 0.465. The summed E-state index contributed by atoms with van der Waals surface area (Å²) in [5.41, 5.74) is 4.63. The fourth-order valence-electron chi connectivity index (χ4n) is 0.883. The van der Waals surface area contributed by atoms with Gasteiger partial charge in [0, 0.05) is 12.0 Å². The predicted octanol–water partition coefficient (Wildman–Crippen LogP) is 1.21. The largest absolute Gasteiger partial charge is 0.489 e. The molecule has 0 aromatic rings. The zero-order valence-corrected chi connectivity index (χ0v) is 7.78. The third kappa shape index (κ3) is 0.915. The van der Waals surface area contributed by atoms with Crippen LogP contribution in [0.1, 0.15) is 13.8 Å². The van der Waals surface area contributed by atoms with Gasteiger partial charge in [-0.25, -0.2) is 8.54 Å². The predicted molar refractivity (Wildman–Crippen MR) is 39.4 cm³/mol. The van der Waals surface area contributed by atoms with E-state index in [4.69, 9.17) is 18.8 Å². The second-order valence-corrected chi connectivity index (χ2v) is 5.64.